The van der Waals surface area contributed by atoms with Crippen molar-refractivity contribution >= 4 is 22.4 Å². The molecule has 1 aliphatic heterocycles. The van der Waals surface area contributed by atoms with Gasteiger partial charge in [-0.2, -0.15) is 0 Å². The average Bonchev–Trinajstić information content (AvgIpc) is 3.03. The number of aryl methyl sites for hydroxylation is 3. The van der Waals surface area contributed by atoms with Crippen LogP contribution in [0.2, 0.25) is 0 Å². The van der Waals surface area contributed by atoms with Gasteiger partial charge in [0, 0.05) is 11.9 Å². The SMILES string of the molecule is Cc1cc(C)c(OCC(=O)Nc2nc(CN3CCC(C)CC3)cs2)c(C)c1. The second-order valence-electron chi connectivity index (χ2n) is 7.67. The predicted octanol–water partition coefficient (Wildman–Crippen LogP) is 4.32. The minimum atomic E-state index is -0.179. The normalized spacial score (nSPS) is 15.7. The Labute approximate surface area is 165 Å². The fourth-order valence-corrected chi connectivity index (χ4v) is 4.29. The summed E-state index contributed by atoms with van der Waals surface area (Å²) < 4.78 is 5.75. The number of piperidine rings is 1. The summed E-state index contributed by atoms with van der Waals surface area (Å²) in [6, 6.07) is 4.13. The summed E-state index contributed by atoms with van der Waals surface area (Å²) in [6.07, 6.45) is 2.51. The summed E-state index contributed by atoms with van der Waals surface area (Å²) >= 11 is 1.47. The van der Waals surface area contributed by atoms with Gasteiger partial charge in [0.05, 0.1) is 5.69 Å². The molecule has 0 unspecified atom stereocenters. The highest BCUT2D eigenvalue weighted by atomic mass is 32.1. The van der Waals surface area contributed by atoms with Crippen LogP contribution in [0.4, 0.5) is 5.13 Å². The van der Waals surface area contributed by atoms with E-state index in [0.29, 0.717) is 5.13 Å². The lowest BCUT2D eigenvalue weighted by Crippen LogP contribution is -2.32. The van der Waals surface area contributed by atoms with Crippen molar-refractivity contribution < 1.29 is 9.53 Å². The van der Waals surface area contributed by atoms with Gasteiger partial charge in [0.2, 0.25) is 0 Å². The van der Waals surface area contributed by atoms with Crippen molar-refractivity contribution in [3.05, 3.63) is 39.9 Å². The molecular formula is C21H29N3O2S. The van der Waals surface area contributed by atoms with Gasteiger partial charge in [-0.15, -0.1) is 11.3 Å². The number of nitrogens with one attached hydrogen (secondary N) is 1. The van der Waals surface area contributed by atoms with Gasteiger partial charge in [0.15, 0.2) is 11.7 Å². The second-order valence-corrected chi connectivity index (χ2v) is 8.53. The minimum Gasteiger partial charge on any atom is -0.483 e. The van der Waals surface area contributed by atoms with E-state index in [-0.39, 0.29) is 12.5 Å². The smallest absolute Gasteiger partial charge is 0.264 e. The van der Waals surface area contributed by atoms with E-state index in [2.05, 4.69) is 41.2 Å². The summed E-state index contributed by atoms with van der Waals surface area (Å²) in [5, 5.41) is 5.52. The number of ether oxygens (including phenoxy) is 1. The minimum absolute atomic E-state index is 0.0103. The number of likely N-dealkylation sites (tertiary alicyclic amines) is 1. The first-order valence-electron chi connectivity index (χ1n) is 9.58. The Kier molecular flexibility index (Phi) is 6.50. The highest BCUT2D eigenvalue weighted by Crippen LogP contribution is 2.25. The van der Waals surface area contributed by atoms with Gasteiger partial charge in [-0.3, -0.25) is 15.0 Å². The van der Waals surface area contributed by atoms with Crippen LogP contribution < -0.4 is 10.1 Å². The van der Waals surface area contributed by atoms with E-state index in [4.69, 9.17) is 4.74 Å². The molecule has 0 aliphatic carbocycles. The first kappa shape index (κ1) is 19.8. The van der Waals surface area contributed by atoms with E-state index in [1.165, 1.54) is 29.7 Å². The molecule has 0 bridgehead atoms. The fraction of sp³-hybridized carbons (Fsp3) is 0.524. The Hall–Kier alpha value is -1.92. The maximum Gasteiger partial charge on any atom is 0.264 e. The summed E-state index contributed by atoms with van der Waals surface area (Å²) in [4.78, 5) is 19.2. The van der Waals surface area contributed by atoms with Crippen LogP contribution >= 0.6 is 11.3 Å². The standard InChI is InChI=1S/C21H29N3O2S/c1-14-5-7-24(8-6-14)11-18-13-27-21(22-18)23-19(25)12-26-20-16(3)9-15(2)10-17(20)4/h9-10,13-14H,5-8,11-12H2,1-4H3,(H,22,23,25). The van der Waals surface area contributed by atoms with E-state index in [0.717, 1.165) is 48.1 Å². The first-order chi connectivity index (χ1) is 12.9. The zero-order valence-corrected chi connectivity index (χ0v) is 17.5. The zero-order chi connectivity index (χ0) is 19.4. The molecule has 1 amide bonds. The van der Waals surface area contributed by atoms with Crippen LogP contribution in [-0.4, -0.2) is 35.5 Å². The highest BCUT2D eigenvalue weighted by molar-refractivity contribution is 7.13. The van der Waals surface area contributed by atoms with Gasteiger partial charge >= 0.3 is 0 Å². The maximum atomic E-state index is 12.2. The molecule has 0 radical (unpaired) electrons. The lowest BCUT2D eigenvalue weighted by molar-refractivity contribution is -0.118. The third kappa shape index (κ3) is 5.53. The quantitative estimate of drug-likeness (QED) is 0.802. The number of anilines is 1. The van der Waals surface area contributed by atoms with Crippen molar-refractivity contribution in [3.63, 3.8) is 0 Å². The molecule has 1 aromatic heterocycles. The van der Waals surface area contributed by atoms with Crippen molar-refractivity contribution in [1.82, 2.24) is 9.88 Å². The fourth-order valence-electron chi connectivity index (χ4n) is 3.57. The Balaban J connectivity index is 1.49. The van der Waals surface area contributed by atoms with Crippen molar-refractivity contribution in [1.29, 1.82) is 0 Å². The van der Waals surface area contributed by atoms with Crippen LogP contribution in [0.1, 0.15) is 42.1 Å². The number of benzene rings is 1. The zero-order valence-electron chi connectivity index (χ0n) is 16.7. The van der Waals surface area contributed by atoms with Crippen LogP contribution in [0.3, 0.4) is 0 Å². The molecule has 1 aromatic carbocycles. The van der Waals surface area contributed by atoms with Gasteiger partial charge in [0.1, 0.15) is 5.75 Å². The molecule has 1 aliphatic rings. The summed E-state index contributed by atoms with van der Waals surface area (Å²) in [7, 11) is 0. The Morgan fingerprint density at radius 3 is 2.59 bits per heavy atom. The number of aromatic nitrogens is 1. The molecule has 6 heteroatoms. The van der Waals surface area contributed by atoms with Gasteiger partial charge < -0.3 is 4.74 Å². The van der Waals surface area contributed by atoms with Crippen LogP contribution in [-0.2, 0) is 11.3 Å². The molecule has 2 heterocycles. The van der Waals surface area contributed by atoms with Crippen molar-refractivity contribution in [3.8, 4) is 5.75 Å². The number of thiazole rings is 1. The van der Waals surface area contributed by atoms with E-state index >= 15 is 0 Å². The third-order valence-corrected chi connectivity index (χ3v) is 5.82. The molecule has 0 saturated carbocycles. The summed E-state index contributed by atoms with van der Waals surface area (Å²) in [6.45, 7) is 11.5. The average molecular weight is 388 g/mol. The molecule has 146 valence electrons. The Bertz CT molecular complexity index is 771. The summed E-state index contributed by atoms with van der Waals surface area (Å²) in [5.74, 6) is 1.43. The lowest BCUT2D eigenvalue weighted by atomic mass is 9.99. The predicted molar refractivity (Wildman–Crippen MR) is 111 cm³/mol. The lowest BCUT2D eigenvalue weighted by Gasteiger charge is -2.29. The molecule has 5 nitrogen and oxygen atoms in total. The number of nitrogens with zero attached hydrogens (tertiary/aromatic N) is 2. The molecule has 1 saturated heterocycles. The van der Waals surface area contributed by atoms with Crippen LogP contribution in [0.15, 0.2) is 17.5 Å². The molecule has 27 heavy (non-hydrogen) atoms. The van der Waals surface area contributed by atoms with Gasteiger partial charge in [-0.25, -0.2) is 4.98 Å². The second kappa shape index (κ2) is 8.85. The number of amides is 1. The molecule has 1 fully saturated rings. The number of hydrogen-bond acceptors (Lipinski definition) is 5. The molecular weight excluding hydrogens is 358 g/mol. The maximum absolute atomic E-state index is 12.2. The number of hydrogen-bond donors (Lipinski definition) is 1. The number of carbonyl (C=O) groups excluding carboxylic acids is 1. The monoisotopic (exact) mass is 387 g/mol. The van der Waals surface area contributed by atoms with Crippen LogP contribution in [0, 0.1) is 26.7 Å². The first-order valence-corrected chi connectivity index (χ1v) is 10.5. The van der Waals surface area contributed by atoms with E-state index in [1.807, 2.05) is 19.2 Å². The van der Waals surface area contributed by atoms with E-state index in [9.17, 15) is 4.79 Å². The van der Waals surface area contributed by atoms with Gasteiger partial charge in [0.25, 0.3) is 5.91 Å². The summed E-state index contributed by atoms with van der Waals surface area (Å²) in [5.41, 5.74) is 4.32. The van der Waals surface area contributed by atoms with Crippen LogP contribution in [0.5, 0.6) is 5.75 Å². The molecule has 1 N–H and O–H groups in total. The van der Waals surface area contributed by atoms with Gasteiger partial charge in [-0.05, 0) is 63.7 Å². The number of carbonyl (C=O) groups is 1. The molecule has 3 rings (SSSR count). The van der Waals surface area contributed by atoms with Crippen molar-refractivity contribution in [2.24, 2.45) is 5.92 Å². The Morgan fingerprint density at radius 1 is 1.26 bits per heavy atom. The van der Waals surface area contributed by atoms with Crippen molar-refractivity contribution in [2.75, 3.05) is 25.0 Å². The van der Waals surface area contributed by atoms with Crippen molar-refractivity contribution in [2.45, 2.75) is 47.1 Å². The molecule has 0 spiro atoms. The highest BCUT2D eigenvalue weighted by Gasteiger charge is 2.17. The van der Waals surface area contributed by atoms with Crippen LogP contribution in [0.25, 0.3) is 0 Å². The number of rotatable bonds is 6. The molecule has 0 atom stereocenters. The van der Waals surface area contributed by atoms with E-state index < -0.39 is 0 Å². The third-order valence-electron chi connectivity index (χ3n) is 5.01. The molecule has 2 aromatic rings. The van der Waals surface area contributed by atoms with Gasteiger partial charge in [-0.1, -0.05) is 24.6 Å². The topological polar surface area (TPSA) is 54.5 Å². The largest absolute Gasteiger partial charge is 0.483 e. The van der Waals surface area contributed by atoms with E-state index in [1.54, 1.807) is 0 Å². The Morgan fingerprint density at radius 2 is 1.93 bits per heavy atom.